The third-order valence-electron chi connectivity index (χ3n) is 1.35. The summed E-state index contributed by atoms with van der Waals surface area (Å²) in [6, 6.07) is 0.325. The van der Waals surface area contributed by atoms with Gasteiger partial charge in [0.1, 0.15) is 0 Å². The summed E-state index contributed by atoms with van der Waals surface area (Å²) < 4.78 is 0. The number of hydrogen-bond acceptors (Lipinski definition) is 2. The fourth-order valence-electron chi connectivity index (χ4n) is 0.787. The number of rotatable bonds is 5. The summed E-state index contributed by atoms with van der Waals surface area (Å²) in [5, 5.41) is 0. The van der Waals surface area contributed by atoms with Crippen molar-refractivity contribution in [2.24, 2.45) is 11.5 Å². The van der Waals surface area contributed by atoms with Crippen LogP contribution in [-0.2, 0) is 0 Å². The molecule has 1 unspecified atom stereocenters. The zero-order valence-corrected chi connectivity index (χ0v) is 5.97. The molecule has 0 aromatic rings. The third-order valence-corrected chi connectivity index (χ3v) is 1.35. The van der Waals surface area contributed by atoms with Crippen LogP contribution in [0.2, 0.25) is 0 Å². The van der Waals surface area contributed by atoms with E-state index in [0.717, 1.165) is 32.2 Å². The second kappa shape index (κ2) is 6.05. The Morgan fingerprint density at radius 1 is 1.33 bits per heavy atom. The quantitative estimate of drug-likeness (QED) is 0.573. The van der Waals surface area contributed by atoms with Gasteiger partial charge in [0.05, 0.1) is 0 Å². The van der Waals surface area contributed by atoms with E-state index in [1.165, 1.54) is 0 Å². The molecule has 0 amide bonds. The van der Waals surface area contributed by atoms with E-state index in [1.807, 2.05) is 0 Å². The standard InChI is InChI=1S/C7H17N2/c1-2-4-7(9)5-3-6-8/h7H,1-6,8-9H2. The fourth-order valence-corrected chi connectivity index (χ4v) is 0.787. The smallest absolute Gasteiger partial charge is 0.00392 e. The highest BCUT2D eigenvalue weighted by molar-refractivity contribution is 4.61. The van der Waals surface area contributed by atoms with Crippen molar-refractivity contribution in [3.8, 4) is 0 Å². The number of hydrogen-bond donors (Lipinski definition) is 2. The zero-order valence-electron chi connectivity index (χ0n) is 5.97. The molecule has 0 aliphatic heterocycles. The second-order valence-corrected chi connectivity index (χ2v) is 2.33. The molecule has 4 N–H and O–H groups in total. The molecule has 0 bridgehead atoms. The largest absolute Gasteiger partial charge is 0.330 e. The van der Waals surface area contributed by atoms with Crippen LogP contribution in [0.5, 0.6) is 0 Å². The van der Waals surface area contributed by atoms with Crippen molar-refractivity contribution in [1.82, 2.24) is 0 Å². The van der Waals surface area contributed by atoms with Crippen LogP contribution in [0, 0.1) is 6.92 Å². The van der Waals surface area contributed by atoms with Crippen LogP contribution in [0.15, 0.2) is 0 Å². The van der Waals surface area contributed by atoms with Crippen LogP contribution in [0.4, 0.5) is 0 Å². The van der Waals surface area contributed by atoms with Crippen molar-refractivity contribution in [3.05, 3.63) is 6.92 Å². The van der Waals surface area contributed by atoms with E-state index in [-0.39, 0.29) is 0 Å². The van der Waals surface area contributed by atoms with Crippen LogP contribution in [0.1, 0.15) is 25.7 Å². The summed E-state index contributed by atoms with van der Waals surface area (Å²) in [7, 11) is 0. The van der Waals surface area contributed by atoms with Crippen molar-refractivity contribution >= 4 is 0 Å². The van der Waals surface area contributed by atoms with Crippen LogP contribution >= 0.6 is 0 Å². The Labute approximate surface area is 57.6 Å². The van der Waals surface area contributed by atoms with E-state index < -0.39 is 0 Å². The molecule has 2 heteroatoms. The molecule has 55 valence electrons. The highest BCUT2D eigenvalue weighted by Gasteiger charge is 1.97. The number of nitrogens with two attached hydrogens (primary N) is 2. The van der Waals surface area contributed by atoms with Gasteiger partial charge in [-0.3, -0.25) is 0 Å². The molecule has 0 saturated carbocycles. The van der Waals surface area contributed by atoms with Gasteiger partial charge in [-0.2, -0.15) is 0 Å². The van der Waals surface area contributed by atoms with E-state index in [9.17, 15) is 0 Å². The first-order valence-corrected chi connectivity index (χ1v) is 3.56. The van der Waals surface area contributed by atoms with Crippen LogP contribution < -0.4 is 11.5 Å². The first kappa shape index (κ1) is 8.92. The van der Waals surface area contributed by atoms with Crippen molar-refractivity contribution < 1.29 is 0 Å². The van der Waals surface area contributed by atoms with Gasteiger partial charge in [-0.05, 0) is 25.8 Å². The minimum atomic E-state index is 0.325. The first-order valence-electron chi connectivity index (χ1n) is 3.56. The third kappa shape index (κ3) is 5.80. The predicted octanol–water partition coefficient (Wildman–Crippen LogP) is 0.667. The molecule has 2 nitrogen and oxygen atoms in total. The first-order chi connectivity index (χ1) is 4.31. The van der Waals surface area contributed by atoms with Gasteiger partial charge in [0.25, 0.3) is 0 Å². The van der Waals surface area contributed by atoms with Gasteiger partial charge in [-0.25, -0.2) is 0 Å². The average Bonchev–Trinajstić information content (AvgIpc) is 1.85. The second-order valence-electron chi connectivity index (χ2n) is 2.33. The average molecular weight is 129 g/mol. The summed E-state index contributed by atoms with van der Waals surface area (Å²) in [4.78, 5) is 0. The molecule has 1 atom stereocenters. The Balaban J connectivity index is 2.95. The van der Waals surface area contributed by atoms with E-state index in [1.54, 1.807) is 0 Å². The lowest BCUT2D eigenvalue weighted by Gasteiger charge is -2.07. The molecular formula is C7H17N2. The van der Waals surface area contributed by atoms with Crippen molar-refractivity contribution in [2.75, 3.05) is 6.54 Å². The lowest BCUT2D eigenvalue weighted by Crippen LogP contribution is -2.20. The summed E-state index contributed by atoms with van der Waals surface area (Å²) in [5.41, 5.74) is 11.0. The minimum absolute atomic E-state index is 0.325. The molecule has 0 aromatic heterocycles. The summed E-state index contributed by atoms with van der Waals surface area (Å²) in [6.07, 6.45) is 4.05. The van der Waals surface area contributed by atoms with E-state index in [2.05, 4.69) is 6.92 Å². The summed E-state index contributed by atoms with van der Waals surface area (Å²) >= 11 is 0. The van der Waals surface area contributed by atoms with E-state index >= 15 is 0 Å². The fraction of sp³-hybridized carbons (Fsp3) is 0.857. The minimum Gasteiger partial charge on any atom is -0.330 e. The lowest BCUT2D eigenvalue weighted by atomic mass is 10.1. The Morgan fingerprint density at radius 2 is 2.00 bits per heavy atom. The molecule has 0 aliphatic carbocycles. The van der Waals surface area contributed by atoms with Gasteiger partial charge < -0.3 is 11.5 Å². The SMILES string of the molecule is [CH2]CCC(N)CCCN. The Morgan fingerprint density at radius 3 is 2.44 bits per heavy atom. The maximum atomic E-state index is 5.67. The molecule has 0 saturated heterocycles. The molecule has 9 heavy (non-hydrogen) atoms. The van der Waals surface area contributed by atoms with Gasteiger partial charge >= 0.3 is 0 Å². The van der Waals surface area contributed by atoms with Crippen LogP contribution in [0.25, 0.3) is 0 Å². The highest BCUT2D eigenvalue weighted by atomic mass is 14.6. The maximum Gasteiger partial charge on any atom is 0.00392 e. The van der Waals surface area contributed by atoms with Crippen molar-refractivity contribution in [2.45, 2.75) is 31.7 Å². The molecule has 0 heterocycles. The maximum absolute atomic E-state index is 5.67. The molecule has 0 aliphatic rings. The molecule has 0 rings (SSSR count). The van der Waals surface area contributed by atoms with Crippen LogP contribution in [-0.4, -0.2) is 12.6 Å². The van der Waals surface area contributed by atoms with Crippen molar-refractivity contribution in [3.63, 3.8) is 0 Å². The van der Waals surface area contributed by atoms with Gasteiger partial charge in [0.2, 0.25) is 0 Å². The molecular weight excluding hydrogens is 112 g/mol. The highest BCUT2D eigenvalue weighted by Crippen LogP contribution is 1.99. The summed E-state index contributed by atoms with van der Waals surface area (Å²) in [6.45, 7) is 4.48. The van der Waals surface area contributed by atoms with Gasteiger partial charge in [-0.1, -0.05) is 13.3 Å². The Bertz CT molecular complexity index is 54.9. The van der Waals surface area contributed by atoms with Gasteiger partial charge in [0.15, 0.2) is 0 Å². The summed E-state index contributed by atoms with van der Waals surface area (Å²) in [5.74, 6) is 0. The van der Waals surface area contributed by atoms with Crippen molar-refractivity contribution in [1.29, 1.82) is 0 Å². The Kier molecular flexibility index (Phi) is 5.99. The van der Waals surface area contributed by atoms with E-state index in [0.29, 0.717) is 6.04 Å². The molecule has 1 radical (unpaired) electrons. The van der Waals surface area contributed by atoms with Gasteiger partial charge in [0, 0.05) is 6.04 Å². The normalized spacial score (nSPS) is 13.7. The Hall–Kier alpha value is -0.0800. The van der Waals surface area contributed by atoms with Gasteiger partial charge in [-0.15, -0.1) is 0 Å². The zero-order chi connectivity index (χ0) is 7.11. The molecule has 0 spiro atoms. The predicted molar refractivity (Wildman–Crippen MR) is 40.9 cm³/mol. The molecule has 0 aromatic carbocycles. The molecule has 0 fully saturated rings. The van der Waals surface area contributed by atoms with Crippen LogP contribution in [0.3, 0.4) is 0 Å². The topological polar surface area (TPSA) is 52.0 Å². The monoisotopic (exact) mass is 129 g/mol. The lowest BCUT2D eigenvalue weighted by molar-refractivity contribution is 0.554. The van der Waals surface area contributed by atoms with E-state index in [4.69, 9.17) is 11.5 Å².